The molecular weight excluding hydrogens is 322 g/mol. The van der Waals surface area contributed by atoms with E-state index in [0.717, 1.165) is 29.2 Å². The summed E-state index contributed by atoms with van der Waals surface area (Å²) in [5.74, 6) is 1.53. The second-order valence-corrected chi connectivity index (χ2v) is 7.31. The Labute approximate surface area is 145 Å². The van der Waals surface area contributed by atoms with E-state index in [4.69, 9.17) is 4.42 Å². The third-order valence-electron chi connectivity index (χ3n) is 4.34. The maximum Gasteiger partial charge on any atom is 0.349 e. The molecule has 0 radical (unpaired) electrons. The first-order chi connectivity index (χ1) is 11.6. The van der Waals surface area contributed by atoms with Crippen LogP contribution in [0.5, 0.6) is 0 Å². The van der Waals surface area contributed by atoms with E-state index in [2.05, 4.69) is 12.2 Å². The average molecular weight is 343 g/mol. The SMILES string of the molecule is CCSc1ccccc1NC(=O)c1c(C)cc(C2CCC2)oc1=O. The fourth-order valence-electron chi connectivity index (χ4n) is 2.84. The molecule has 0 atom stereocenters. The second-order valence-electron chi connectivity index (χ2n) is 6.01. The van der Waals surface area contributed by atoms with Crippen LogP contribution in [0.3, 0.4) is 0 Å². The first-order valence-electron chi connectivity index (χ1n) is 8.28. The van der Waals surface area contributed by atoms with Crippen LogP contribution in [0, 0.1) is 6.92 Å². The summed E-state index contributed by atoms with van der Waals surface area (Å²) in [7, 11) is 0. The Bertz CT molecular complexity index is 808. The lowest BCUT2D eigenvalue weighted by Gasteiger charge is -2.24. The molecule has 1 amide bonds. The minimum atomic E-state index is -0.546. The average Bonchev–Trinajstić information content (AvgIpc) is 2.47. The number of rotatable bonds is 5. The Morgan fingerprint density at radius 2 is 2.08 bits per heavy atom. The summed E-state index contributed by atoms with van der Waals surface area (Å²) in [6.45, 7) is 3.85. The van der Waals surface area contributed by atoms with E-state index in [1.54, 1.807) is 18.7 Å². The van der Waals surface area contributed by atoms with Crippen LogP contribution in [0.2, 0.25) is 0 Å². The molecule has 1 fully saturated rings. The number of anilines is 1. The normalized spacial score (nSPS) is 14.2. The molecule has 5 heteroatoms. The molecule has 1 aliphatic carbocycles. The van der Waals surface area contributed by atoms with E-state index in [1.807, 2.05) is 30.3 Å². The Morgan fingerprint density at radius 3 is 2.71 bits per heavy atom. The molecule has 4 nitrogen and oxygen atoms in total. The predicted octanol–water partition coefficient (Wildman–Crippen LogP) is 4.58. The van der Waals surface area contributed by atoms with Crippen molar-refractivity contribution in [1.29, 1.82) is 0 Å². The number of thioether (sulfide) groups is 1. The van der Waals surface area contributed by atoms with E-state index >= 15 is 0 Å². The van der Waals surface area contributed by atoms with Gasteiger partial charge in [0.1, 0.15) is 11.3 Å². The van der Waals surface area contributed by atoms with Gasteiger partial charge in [0.15, 0.2) is 0 Å². The molecule has 0 saturated heterocycles. The zero-order valence-electron chi connectivity index (χ0n) is 13.9. The summed E-state index contributed by atoms with van der Waals surface area (Å²) in [6, 6.07) is 9.44. The summed E-state index contributed by atoms with van der Waals surface area (Å²) in [5, 5.41) is 2.85. The number of nitrogens with one attached hydrogen (secondary N) is 1. The molecule has 1 N–H and O–H groups in total. The Morgan fingerprint density at radius 1 is 1.33 bits per heavy atom. The smallest absolute Gasteiger partial charge is 0.349 e. The van der Waals surface area contributed by atoms with Crippen LogP contribution < -0.4 is 10.9 Å². The van der Waals surface area contributed by atoms with Gasteiger partial charge in [-0.05, 0) is 49.3 Å². The number of carbonyl (C=O) groups excluding carboxylic acids is 1. The van der Waals surface area contributed by atoms with E-state index in [-0.39, 0.29) is 5.56 Å². The highest BCUT2D eigenvalue weighted by molar-refractivity contribution is 7.99. The summed E-state index contributed by atoms with van der Waals surface area (Å²) >= 11 is 1.65. The molecule has 2 aromatic rings. The van der Waals surface area contributed by atoms with Crippen LogP contribution >= 0.6 is 11.8 Å². The molecule has 24 heavy (non-hydrogen) atoms. The Kier molecular flexibility index (Phi) is 5.09. The maximum atomic E-state index is 12.6. The predicted molar refractivity (Wildman–Crippen MR) is 97.1 cm³/mol. The van der Waals surface area contributed by atoms with Crippen LogP contribution in [-0.4, -0.2) is 11.7 Å². The van der Waals surface area contributed by atoms with Gasteiger partial charge in [-0.25, -0.2) is 4.79 Å². The van der Waals surface area contributed by atoms with Crippen molar-refractivity contribution in [3.8, 4) is 0 Å². The van der Waals surface area contributed by atoms with Crippen LogP contribution in [0.4, 0.5) is 5.69 Å². The molecule has 0 bridgehead atoms. The van der Waals surface area contributed by atoms with Crippen molar-refractivity contribution in [1.82, 2.24) is 0 Å². The van der Waals surface area contributed by atoms with Gasteiger partial charge < -0.3 is 9.73 Å². The Balaban J connectivity index is 1.86. The highest BCUT2D eigenvalue weighted by Gasteiger charge is 2.25. The number of carbonyl (C=O) groups is 1. The van der Waals surface area contributed by atoms with Crippen molar-refractivity contribution in [2.24, 2.45) is 0 Å². The lowest BCUT2D eigenvalue weighted by Crippen LogP contribution is -2.24. The summed E-state index contributed by atoms with van der Waals surface area (Å²) in [6.07, 6.45) is 3.27. The number of hydrogen-bond donors (Lipinski definition) is 1. The van der Waals surface area contributed by atoms with Gasteiger partial charge in [0.25, 0.3) is 5.91 Å². The molecule has 1 heterocycles. The van der Waals surface area contributed by atoms with Crippen molar-refractivity contribution < 1.29 is 9.21 Å². The van der Waals surface area contributed by atoms with Crippen molar-refractivity contribution >= 4 is 23.4 Å². The number of aryl methyl sites for hydroxylation is 1. The quantitative estimate of drug-likeness (QED) is 0.807. The molecule has 0 spiro atoms. The summed E-state index contributed by atoms with van der Waals surface area (Å²) in [4.78, 5) is 25.9. The zero-order chi connectivity index (χ0) is 17.1. The van der Waals surface area contributed by atoms with E-state index in [0.29, 0.717) is 17.2 Å². The number of hydrogen-bond acceptors (Lipinski definition) is 4. The fourth-order valence-corrected chi connectivity index (χ4v) is 3.60. The van der Waals surface area contributed by atoms with Crippen molar-refractivity contribution in [2.75, 3.05) is 11.1 Å². The lowest BCUT2D eigenvalue weighted by atomic mass is 9.83. The molecule has 0 aliphatic heterocycles. The molecule has 1 aromatic carbocycles. The van der Waals surface area contributed by atoms with Gasteiger partial charge in [-0.2, -0.15) is 0 Å². The van der Waals surface area contributed by atoms with Crippen LogP contribution in [0.25, 0.3) is 0 Å². The first-order valence-corrected chi connectivity index (χ1v) is 9.26. The van der Waals surface area contributed by atoms with E-state index < -0.39 is 11.5 Å². The highest BCUT2D eigenvalue weighted by atomic mass is 32.2. The number of para-hydroxylation sites is 1. The van der Waals surface area contributed by atoms with Gasteiger partial charge >= 0.3 is 5.63 Å². The second kappa shape index (κ2) is 7.26. The van der Waals surface area contributed by atoms with Gasteiger partial charge in [-0.15, -0.1) is 11.8 Å². The molecule has 3 rings (SSSR count). The highest BCUT2D eigenvalue weighted by Crippen LogP contribution is 2.36. The van der Waals surface area contributed by atoms with Crippen LogP contribution in [-0.2, 0) is 0 Å². The third-order valence-corrected chi connectivity index (χ3v) is 5.29. The monoisotopic (exact) mass is 343 g/mol. The fraction of sp³-hybridized carbons (Fsp3) is 0.368. The van der Waals surface area contributed by atoms with Crippen molar-refractivity contribution in [3.05, 3.63) is 57.6 Å². The van der Waals surface area contributed by atoms with Gasteiger partial charge in [0.05, 0.1) is 5.69 Å². The maximum absolute atomic E-state index is 12.6. The third kappa shape index (κ3) is 3.41. The first kappa shape index (κ1) is 16.8. The molecule has 1 saturated carbocycles. The van der Waals surface area contributed by atoms with Gasteiger partial charge in [-0.1, -0.05) is 25.5 Å². The minimum Gasteiger partial charge on any atom is -0.427 e. The molecule has 126 valence electrons. The molecule has 1 aromatic heterocycles. The number of benzene rings is 1. The lowest BCUT2D eigenvalue weighted by molar-refractivity contribution is 0.102. The Hall–Kier alpha value is -2.01. The standard InChI is InChI=1S/C19H21NO3S/c1-3-24-16-10-5-4-9-14(16)20-18(21)17-12(2)11-15(23-19(17)22)13-7-6-8-13/h4-5,9-11,13H,3,6-8H2,1-2H3,(H,20,21). The van der Waals surface area contributed by atoms with E-state index in [9.17, 15) is 9.59 Å². The van der Waals surface area contributed by atoms with E-state index in [1.165, 1.54) is 6.42 Å². The van der Waals surface area contributed by atoms with Crippen molar-refractivity contribution in [3.63, 3.8) is 0 Å². The zero-order valence-corrected chi connectivity index (χ0v) is 14.7. The topological polar surface area (TPSA) is 59.3 Å². The van der Waals surface area contributed by atoms with Crippen molar-refractivity contribution in [2.45, 2.75) is 43.9 Å². The minimum absolute atomic E-state index is 0.0920. The number of amides is 1. The molecular formula is C19H21NO3S. The molecule has 1 aliphatic rings. The van der Waals surface area contributed by atoms with Gasteiger partial charge in [0.2, 0.25) is 0 Å². The largest absolute Gasteiger partial charge is 0.427 e. The van der Waals surface area contributed by atoms with Gasteiger partial charge in [0, 0.05) is 10.8 Å². The summed E-state index contributed by atoms with van der Waals surface area (Å²) in [5.41, 5.74) is 0.937. The van der Waals surface area contributed by atoms with Gasteiger partial charge in [-0.3, -0.25) is 4.79 Å². The van der Waals surface area contributed by atoms with Crippen LogP contribution in [0.1, 0.15) is 53.8 Å². The molecule has 0 unspecified atom stereocenters. The van der Waals surface area contributed by atoms with Crippen LogP contribution in [0.15, 0.2) is 44.4 Å². The summed E-state index contributed by atoms with van der Waals surface area (Å²) < 4.78 is 5.41.